The Bertz CT molecular complexity index is 1230. The van der Waals surface area contributed by atoms with Gasteiger partial charge < -0.3 is 20.5 Å². The largest absolute Gasteiger partial charge is 0.361 e. The van der Waals surface area contributed by atoms with E-state index < -0.39 is 10.8 Å². The van der Waals surface area contributed by atoms with Gasteiger partial charge >= 0.3 is 0 Å². The minimum atomic E-state index is -0.601. The quantitative estimate of drug-likeness (QED) is 0.555. The SMILES string of the molecule is CC1(C)SC2c3ccccc3C(=O)N2C1C(=O)NCCC(=O)Nc1ccc2[nH]ccc2c1. The smallest absolute Gasteiger partial charge is 0.256 e. The Labute approximate surface area is 189 Å². The molecule has 2 atom stereocenters. The number of H-pyrrole nitrogens is 1. The summed E-state index contributed by atoms with van der Waals surface area (Å²) in [5, 5.41) is 6.60. The van der Waals surface area contributed by atoms with Gasteiger partial charge in [-0.1, -0.05) is 18.2 Å². The third-order valence-corrected chi connectivity index (χ3v) is 7.57. The van der Waals surface area contributed by atoms with Crippen molar-refractivity contribution in [2.24, 2.45) is 0 Å². The number of nitrogens with zero attached hydrogens (tertiary/aromatic N) is 1. The molecule has 2 unspecified atom stereocenters. The number of rotatable bonds is 5. The van der Waals surface area contributed by atoms with Crippen molar-refractivity contribution in [1.29, 1.82) is 0 Å². The summed E-state index contributed by atoms with van der Waals surface area (Å²) in [7, 11) is 0. The first-order valence-corrected chi connectivity index (χ1v) is 11.5. The minimum Gasteiger partial charge on any atom is -0.361 e. The van der Waals surface area contributed by atoms with Gasteiger partial charge in [0.1, 0.15) is 11.4 Å². The maximum Gasteiger partial charge on any atom is 0.256 e. The Morgan fingerprint density at radius 3 is 2.81 bits per heavy atom. The number of benzene rings is 2. The Morgan fingerprint density at radius 2 is 1.97 bits per heavy atom. The number of thioether (sulfide) groups is 1. The van der Waals surface area contributed by atoms with Crippen molar-refractivity contribution in [3.05, 3.63) is 65.9 Å². The van der Waals surface area contributed by atoms with Crippen molar-refractivity contribution < 1.29 is 14.4 Å². The summed E-state index contributed by atoms with van der Waals surface area (Å²) in [6.45, 7) is 4.17. The van der Waals surface area contributed by atoms with Crippen LogP contribution in [0.5, 0.6) is 0 Å². The van der Waals surface area contributed by atoms with Crippen LogP contribution in [0, 0.1) is 0 Å². The van der Waals surface area contributed by atoms with Gasteiger partial charge in [-0.25, -0.2) is 0 Å². The Morgan fingerprint density at radius 1 is 1.16 bits per heavy atom. The van der Waals surface area contributed by atoms with Crippen molar-refractivity contribution in [2.45, 2.75) is 36.4 Å². The molecule has 2 aromatic carbocycles. The van der Waals surface area contributed by atoms with Gasteiger partial charge in [0.15, 0.2) is 0 Å². The van der Waals surface area contributed by atoms with Crippen LogP contribution in [0.1, 0.15) is 41.6 Å². The third kappa shape index (κ3) is 3.44. The summed E-state index contributed by atoms with van der Waals surface area (Å²) in [5.74, 6) is -0.516. The van der Waals surface area contributed by atoms with Crippen molar-refractivity contribution in [3.63, 3.8) is 0 Å². The lowest BCUT2D eigenvalue weighted by Crippen LogP contribution is -2.52. The van der Waals surface area contributed by atoms with Crippen LogP contribution in [0.3, 0.4) is 0 Å². The van der Waals surface area contributed by atoms with Crippen LogP contribution in [-0.2, 0) is 9.59 Å². The number of amides is 3. The molecule has 2 aliphatic heterocycles. The van der Waals surface area contributed by atoms with Crippen LogP contribution in [-0.4, -0.2) is 44.9 Å². The lowest BCUT2D eigenvalue weighted by atomic mass is 10.0. The summed E-state index contributed by atoms with van der Waals surface area (Å²) in [6, 6.07) is 14.5. The lowest BCUT2D eigenvalue weighted by Gasteiger charge is -2.29. The Balaban J connectivity index is 1.21. The van der Waals surface area contributed by atoms with Gasteiger partial charge in [0.2, 0.25) is 11.8 Å². The van der Waals surface area contributed by atoms with Crippen molar-refractivity contribution in [1.82, 2.24) is 15.2 Å². The number of nitrogens with one attached hydrogen (secondary N) is 3. The fraction of sp³-hybridized carbons (Fsp3) is 0.292. The maximum atomic E-state index is 13.1. The monoisotopic (exact) mass is 448 g/mol. The summed E-state index contributed by atoms with van der Waals surface area (Å²) >= 11 is 1.63. The van der Waals surface area contributed by atoms with Crippen molar-refractivity contribution in [2.75, 3.05) is 11.9 Å². The van der Waals surface area contributed by atoms with E-state index in [9.17, 15) is 14.4 Å². The van der Waals surface area contributed by atoms with Gasteiger partial charge in [-0.15, -0.1) is 11.8 Å². The average Bonchev–Trinajstić information content (AvgIpc) is 3.40. The topological polar surface area (TPSA) is 94.3 Å². The molecule has 1 aromatic heterocycles. The molecule has 0 radical (unpaired) electrons. The number of anilines is 1. The fourth-order valence-corrected chi connectivity index (χ4v) is 6.14. The molecule has 1 saturated heterocycles. The van der Waals surface area contributed by atoms with E-state index in [4.69, 9.17) is 0 Å². The molecule has 7 nitrogen and oxygen atoms in total. The standard InChI is InChI=1S/C24H24N4O3S/c1-24(2)20(28-22(31)16-5-3-4-6-17(16)23(28)32-24)21(30)26-12-10-19(29)27-15-7-8-18-14(13-15)9-11-25-18/h3-9,11,13,20,23,25H,10,12H2,1-2H3,(H,26,30)(H,27,29). The lowest BCUT2D eigenvalue weighted by molar-refractivity contribution is -0.126. The molecule has 1 fully saturated rings. The first-order valence-electron chi connectivity index (χ1n) is 10.6. The van der Waals surface area contributed by atoms with Crippen LogP contribution in [0.25, 0.3) is 10.9 Å². The molecule has 0 bridgehead atoms. The molecule has 32 heavy (non-hydrogen) atoms. The van der Waals surface area contributed by atoms with E-state index >= 15 is 0 Å². The number of aromatic nitrogens is 1. The van der Waals surface area contributed by atoms with Gasteiger partial charge in [0.05, 0.1) is 0 Å². The normalized spacial score (nSPS) is 20.8. The molecule has 3 aromatic rings. The van der Waals surface area contributed by atoms with E-state index in [1.54, 1.807) is 16.7 Å². The summed E-state index contributed by atoms with van der Waals surface area (Å²) < 4.78 is -0.438. The summed E-state index contributed by atoms with van der Waals surface area (Å²) in [4.78, 5) is 43.3. The number of carbonyl (C=O) groups excluding carboxylic acids is 3. The zero-order valence-electron chi connectivity index (χ0n) is 17.8. The molecule has 5 rings (SSSR count). The third-order valence-electron chi connectivity index (χ3n) is 6.03. The molecule has 3 heterocycles. The van der Waals surface area contributed by atoms with Gasteiger partial charge in [-0.05, 0) is 49.7 Å². The number of hydrogen-bond donors (Lipinski definition) is 3. The number of hydrogen-bond acceptors (Lipinski definition) is 4. The number of aromatic amines is 1. The molecule has 0 aliphatic carbocycles. The average molecular weight is 449 g/mol. The van der Waals surface area contributed by atoms with E-state index in [-0.39, 0.29) is 36.1 Å². The van der Waals surface area contributed by atoms with Crippen LogP contribution in [0.15, 0.2) is 54.7 Å². The van der Waals surface area contributed by atoms with Gasteiger partial charge in [-0.3, -0.25) is 14.4 Å². The predicted molar refractivity (Wildman–Crippen MR) is 125 cm³/mol. The maximum absolute atomic E-state index is 13.1. The van der Waals surface area contributed by atoms with Gasteiger partial charge in [0.25, 0.3) is 5.91 Å². The first kappa shape index (κ1) is 20.6. The first-order chi connectivity index (χ1) is 15.3. The highest BCUT2D eigenvalue weighted by Crippen LogP contribution is 2.56. The second-order valence-corrected chi connectivity index (χ2v) is 10.4. The highest BCUT2D eigenvalue weighted by Gasteiger charge is 2.57. The second kappa shape index (κ2) is 7.70. The number of fused-ring (bicyclic) bond motifs is 4. The second-order valence-electron chi connectivity index (χ2n) is 8.64. The van der Waals surface area contributed by atoms with E-state index in [0.717, 1.165) is 16.5 Å². The van der Waals surface area contributed by atoms with E-state index in [2.05, 4.69) is 15.6 Å². The van der Waals surface area contributed by atoms with Gasteiger partial charge in [0, 0.05) is 46.1 Å². The van der Waals surface area contributed by atoms with Crippen LogP contribution in [0.2, 0.25) is 0 Å². The zero-order chi connectivity index (χ0) is 22.5. The molecule has 3 amide bonds. The van der Waals surface area contributed by atoms with E-state index in [1.807, 2.05) is 68.6 Å². The molecular weight excluding hydrogens is 424 g/mol. The van der Waals surface area contributed by atoms with Crippen molar-refractivity contribution >= 4 is 46.1 Å². The summed E-state index contributed by atoms with van der Waals surface area (Å²) in [5.41, 5.74) is 3.34. The molecule has 0 spiro atoms. The Hall–Kier alpha value is -3.26. The van der Waals surface area contributed by atoms with Crippen LogP contribution in [0.4, 0.5) is 5.69 Å². The van der Waals surface area contributed by atoms with Crippen LogP contribution < -0.4 is 10.6 Å². The Kier molecular flexibility index (Phi) is 4.97. The number of carbonyl (C=O) groups is 3. The van der Waals surface area contributed by atoms with E-state index in [1.165, 1.54) is 0 Å². The highest BCUT2D eigenvalue weighted by molar-refractivity contribution is 8.01. The van der Waals surface area contributed by atoms with Gasteiger partial charge in [-0.2, -0.15) is 0 Å². The van der Waals surface area contributed by atoms with Crippen molar-refractivity contribution in [3.8, 4) is 0 Å². The zero-order valence-corrected chi connectivity index (χ0v) is 18.7. The van der Waals surface area contributed by atoms with Crippen LogP contribution >= 0.6 is 11.8 Å². The molecular formula is C24H24N4O3S. The highest BCUT2D eigenvalue weighted by atomic mass is 32.2. The van der Waals surface area contributed by atoms with E-state index in [0.29, 0.717) is 11.3 Å². The molecule has 3 N–H and O–H groups in total. The predicted octanol–water partition coefficient (Wildman–Crippen LogP) is 3.66. The molecule has 0 saturated carbocycles. The molecule has 2 aliphatic rings. The minimum absolute atomic E-state index is 0.110. The molecule has 8 heteroatoms. The summed E-state index contributed by atoms with van der Waals surface area (Å²) in [6.07, 6.45) is 2.00. The molecule has 164 valence electrons. The fourth-order valence-electron chi connectivity index (χ4n) is 4.56.